The van der Waals surface area contributed by atoms with Crippen LogP contribution in [0.2, 0.25) is 0 Å². The molecule has 4 heavy (non-hydrogen) atoms. The predicted molar refractivity (Wildman–Crippen MR) is 0 cm³/mol. The molecule has 0 bridgehead atoms. The molecule has 0 spiro atoms. The topological polar surface area (TPSA) is 0 Å². The quantitative estimate of drug-likeness (QED) is 0.512. The second kappa shape index (κ2) is 19.8. The van der Waals surface area contributed by atoms with Crippen LogP contribution in [0.4, 0.5) is 0 Å². The van der Waals surface area contributed by atoms with E-state index in [1.54, 1.807) is 0 Å². The summed E-state index contributed by atoms with van der Waals surface area (Å²) < 4.78 is 0. The van der Waals surface area contributed by atoms with Crippen molar-refractivity contribution in [1.29, 1.82) is 0 Å². The van der Waals surface area contributed by atoms with E-state index >= 15 is 0 Å². The van der Waals surface area contributed by atoms with Crippen LogP contribution >= 0.6 is 0 Å². The molecule has 0 aliphatic heterocycles. The maximum Gasteiger partial charge on any atom is 2.00 e. The summed E-state index contributed by atoms with van der Waals surface area (Å²) in [5.41, 5.74) is 0. The van der Waals surface area contributed by atoms with E-state index in [9.17, 15) is 0 Å². The standard InChI is InChI=1S/2Fe.2Ni/q;+2;;+2. The van der Waals surface area contributed by atoms with Crippen molar-refractivity contribution in [2.75, 3.05) is 0 Å². The van der Waals surface area contributed by atoms with Gasteiger partial charge < -0.3 is 0 Å². The van der Waals surface area contributed by atoms with Gasteiger partial charge in [-0.2, -0.15) is 0 Å². The molecule has 0 amide bonds. The second-order valence-electron chi connectivity index (χ2n) is 0. The Labute approximate surface area is 66.7 Å². The van der Waals surface area contributed by atoms with Crippen LogP contribution in [0, 0.1) is 0 Å². The molecule has 0 atom stereocenters. The van der Waals surface area contributed by atoms with Gasteiger partial charge in [0.05, 0.1) is 0 Å². The molecule has 4 heteroatoms. The molecule has 0 nitrogen and oxygen atoms in total. The monoisotopic (exact) mass is 228 g/mol. The van der Waals surface area contributed by atoms with Gasteiger partial charge in [-0.1, -0.05) is 0 Å². The van der Waals surface area contributed by atoms with Crippen LogP contribution in [0.15, 0.2) is 0 Å². The van der Waals surface area contributed by atoms with Crippen molar-refractivity contribution in [1.82, 2.24) is 0 Å². The van der Waals surface area contributed by atoms with Gasteiger partial charge in [0.1, 0.15) is 0 Å². The van der Waals surface area contributed by atoms with Crippen molar-refractivity contribution in [2.45, 2.75) is 0 Å². The number of rotatable bonds is 0. The van der Waals surface area contributed by atoms with Gasteiger partial charge in [-0.25, -0.2) is 0 Å². The van der Waals surface area contributed by atoms with Gasteiger partial charge in [0.2, 0.25) is 0 Å². The van der Waals surface area contributed by atoms with E-state index in [0.717, 1.165) is 0 Å². The molecule has 0 rings (SSSR count). The van der Waals surface area contributed by atoms with E-state index in [-0.39, 0.29) is 67.1 Å². The summed E-state index contributed by atoms with van der Waals surface area (Å²) in [6, 6.07) is 0. The van der Waals surface area contributed by atoms with E-state index in [2.05, 4.69) is 0 Å². The Balaban J connectivity index is 0. The van der Waals surface area contributed by atoms with Crippen molar-refractivity contribution >= 4 is 0 Å². The maximum atomic E-state index is 0. The zero-order valence-electron chi connectivity index (χ0n) is 1.34. The summed E-state index contributed by atoms with van der Waals surface area (Å²) in [6.45, 7) is 0. The summed E-state index contributed by atoms with van der Waals surface area (Å²) >= 11 is 0. The molecule has 0 aromatic rings. The van der Waals surface area contributed by atoms with Gasteiger partial charge in [0.25, 0.3) is 0 Å². The summed E-state index contributed by atoms with van der Waals surface area (Å²) in [7, 11) is 0. The Hall–Kier alpha value is 2.03. The summed E-state index contributed by atoms with van der Waals surface area (Å²) in [5, 5.41) is 0. The zero-order valence-corrected chi connectivity index (χ0v) is 5.52. The van der Waals surface area contributed by atoms with Crippen molar-refractivity contribution < 1.29 is 67.1 Å². The molecule has 0 aromatic carbocycles. The third-order valence-electron chi connectivity index (χ3n) is 0. The smallest absolute Gasteiger partial charge is 0 e. The molecule has 0 fully saturated rings. The summed E-state index contributed by atoms with van der Waals surface area (Å²) in [6.07, 6.45) is 0. The van der Waals surface area contributed by atoms with Gasteiger partial charge in [-0.15, -0.1) is 0 Å². The van der Waals surface area contributed by atoms with E-state index in [1.807, 2.05) is 0 Å². The van der Waals surface area contributed by atoms with Crippen LogP contribution < -0.4 is 0 Å². The Morgan fingerprint density at radius 1 is 1.00 bits per heavy atom. The first-order valence-corrected chi connectivity index (χ1v) is 0. The molecule has 0 unspecified atom stereocenters. The molecule has 0 heterocycles. The van der Waals surface area contributed by atoms with Gasteiger partial charge in [0, 0.05) is 33.6 Å². The van der Waals surface area contributed by atoms with Crippen molar-refractivity contribution in [3.05, 3.63) is 0 Å². The van der Waals surface area contributed by atoms with Crippen LogP contribution in [0.25, 0.3) is 0 Å². The fourth-order valence-corrected chi connectivity index (χ4v) is 0. The molecular weight excluding hydrogens is 229 g/mol. The minimum Gasteiger partial charge on any atom is 0 e. The largest absolute Gasteiger partial charge is 2.00 e. The molecule has 0 aliphatic rings. The average molecular weight is 229 g/mol. The Morgan fingerprint density at radius 2 is 1.00 bits per heavy atom. The van der Waals surface area contributed by atoms with Crippen LogP contribution in [-0.4, -0.2) is 0 Å². The Morgan fingerprint density at radius 3 is 1.00 bits per heavy atom. The van der Waals surface area contributed by atoms with E-state index in [1.165, 1.54) is 0 Å². The van der Waals surface area contributed by atoms with Crippen LogP contribution in [0.3, 0.4) is 0 Å². The maximum absolute atomic E-state index is 0. The fraction of sp³-hybridized carbons (Fsp3) is 0. The molecule has 0 saturated carbocycles. The SMILES string of the molecule is [Fe+2].[Fe].[Ni+2].[Ni]. The minimum atomic E-state index is 0. The second-order valence-corrected chi connectivity index (χ2v) is 0. The van der Waals surface area contributed by atoms with Crippen molar-refractivity contribution in [2.24, 2.45) is 0 Å². The zero-order chi connectivity index (χ0) is 0. The van der Waals surface area contributed by atoms with Gasteiger partial charge in [-0.3, -0.25) is 0 Å². The number of hydrogen-bond donors (Lipinski definition) is 0. The van der Waals surface area contributed by atoms with Gasteiger partial charge >= 0.3 is 33.6 Å². The fourth-order valence-electron chi connectivity index (χ4n) is 0. The van der Waals surface area contributed by atoms with Gasteiger partial charge in [0.15, 0.2) is 0 Å². The molecule has 0 aromatic heterocycles. The van der Waals surface area contributed by atoms with Crippen molar-refractivity contribution in [3.63, 3.8) is 0 Å². The minimum absolute atomic E-state index is 0. The molecule has 0 N–H and O–H groups in total. The van der Waals surface area contributed by atoms with Crippen molar-refractivity contribution in [3.8, 4) is 0 Å². The summed E-state index contributed by atoms with van der Waals surface area (Å²) in [5.74, 6) is 0. The van der Waals surface area contributed by atoms with Crippen LogP contribution in [0.1, 0.15) is 0 Å². The normalized spacial score (nSPS) is 0. The third-order valence-corrected chi connectivity index (χ3v) is 0. The third kappa shape index (κ3) is 8.98. The molecule has 0 aliphatic carbocycles. The number of hydrogen-bond acceptors (Lipinski definition) is 0. The van der Waals surface area contributed by atoms with E-state index < -0.39 is 0 Å². The Kier molecular flexibility index (Phi) is 184. The first kappa shape index (κ1) is 37.1. The van der Waals surface area contributed by atoms with E-state index in [4.69, 9.17) is 0 Å². The summed E-state index contributed by atoms with van der Waals surface area (Å²) in [4.78, 5) is 0. The average Bonchev–Trinajstić information content (AvgIpc) is 0. The first-order chi connectivity index (χ1) is 0. The molecule has 0 saturated heterocycles. The predicted octanol–water partition coefficient (Wildman–Crippen LogP) is -0.0100. The van der Waals surface area contributed by atoms with Crippen LogP contribution in [-0.2, 0) is 67.1 Å². The molecular formula is Fe2Ni2+4. The van der Waals surface area contributed by atoms with E-state index in [0.29, 0.717) is 0 Å². The van der Waals surface area contributed by atoms with Gasteiger partial charge in [-0.05, 0) is 0 Å². The molecule has 32 valence electrons. The molecule has 0 radical (unpaired) electrons. The first-order valence-electron chi connectivity index (χ1n) is 0. The Bertz CT molecular complexity index is 4.00. The van der Waals surface area contributed by atoms with Crippen LogP contribution in [0.5, 0.6) is 0 Å².